The van der Waals surface area contributed by atoms with Crippen LogP contribution in [0.25, 0.3) is 6.08 Å². The molecule has 4 nitrogen and oxygen atoms in total. The maximum absolute atomic E-state index is 12.3. The molecule has 142 valence electrons. The third-order valence-corrected chi connectivity index (χ3v) is 5.64. The minimum absolute atomic E-state index is 0.0501. The molecule has 3 rings (SSSR count). The van der Waals surface area contributed by atoms with Gasteiger partial charge in [-0.3, -0.25) is 14.6 Å². The van der Waals surface area contributed by atoms with E-state index >= 15 is 0 Å². The topological polar surface area (TPSA) is 35.6 Å². The minimum atomic E-state index is 0.0501. The van der Waals surface area contributed by atoms with Crippen LogP contribution < -0.4 is 5.32 Å². The lowest BCUT2D eigenvalue weighted by Gasteiger charge is -2.33. The van der Waals surface area contributed by atoms with Crippen LogP contribution in [0.1, 0.15) is 11.1 Å². The number of carbonyl (C=O) groups is 1. The van der Waals surface area contributed by atoms with Gasteiger partial charge in [-0.2, -0.15) is 0 Å². The number of piperazine rings is 1. The van der Waals surface area contributed by atoms with Gasteiger partial charge in [-0.25, -0.2) is 0 Å². The SMILES string of the molecule is Cc1cc(NC(=O)CN2CCN(C/C=C/c3ccccc3)CC2)ccc1Br. The summed E-state index contributed by atoms with van der Waals surface area (Å²) < 4.78 is 1.05. The van der Waals surface area contributed by atoms with Gasteiger partial charge in [0.15, 0.2) is 0 Å². The van der Waals surface area contributed by atoms with E-state index in [1.54, 1.807) is 0 Å². The molecule has 1 amide bonds. The highest BCUT2D eigenvalue weighted by Crippen LogP contribution is 2.20. The molecule has 0 spiro atoms. The molecule has 0 aliphatic carbocycles. The number of benzene rings is 2. The number of nitrogens with one attached hydrogen (secondary N) is 1. The molecule has 0 unspecified atom stereocenters. The summed E-state index contributed by atoms with van der Waals surface area (Å²) >= 11 is 3.48. The molecular formula is C22H26BrN3O. The fourth-order valence-corrected chi connectivity index (χ4v) is 3.40. The van der Waals surface area contributed by atoms with Gasteiger partial charge in [0.05, 0.1) is 6.54 Å². The average molecular weight is 428 g/mol. The van der Waals surface area contributed by atoms with E-state index in [1.807, 2.05) is 31.2 Å². The monoisotopic (exact) mass is 427 g/mol. The van der Waals surface area contributed by atoms with Crippen molar-refractivity contribution in [3.8, 4) is 0 Å². The van der Waals surface area contributed by atoms with E-state index in [-0.39, 0.29) is 5.91 Å². The van der Waals surface area contributed by atoms with Crippen molar-refractivity contribution in [1.29, 1.82) is 0 Å². The summed E-state index contributed by atoms with van der Waals surface area (Å²) in [6.45, 7) is 7.24. The Kier molecular flexibility index (Phi) is 7.21. The zero-order valence-electron chi connectivity index (χ0n) is 15.7. The molecule has 2 aromatic rings. The second kappa shape index (κ2) is 9.83. The van der Waals surface area contributed by atoms with Crippen molar-refractivity contribution in [2.45, 2.75) is 6.92 Å². The van der Waals surface area contributed by atoms with E-state index in [4.69, 9.17) is 0 Å². The predicted molar refractivity (Wildman–Crippen MR) is 116 cm³/mol. The number of aryl methyl sites for hydroxylation is 1. The zero-order chi connectivity index (χ0) is 19.1. The van der Waals surface area contributed by atoms with Gasteiger partial charge < -0.3 is 5.32 Å². The Labute approximate surface area is 170 Å². The van der Waals surface area contributed by atoms with Gasteiger partial charge in [-0.15, -0.1) is 0 Å². The van der Waals surface area contributed by atoms with Crippen molar-refractivity contribution < 1.29 is 4.79 Å². The first-order valence-corrected chi connectivity index (χ1v) is 10.1. The van der Waals surface area contributed by atoms with Crippen LogP contribution in [0.15, 0.2) is 59.1 Å². The predicted octanol–water partition coefficient (Wildman–Crippen LogP) is 4.03. The van der Waals surface area contributed by atoms with Crippen molar-refractivity contribution in [3.05, 3.63) is 70.2 Å². The van der Waals surface area contributed by atoms with Crippen LogP contribution >= 0.6 is 15.9 Å². The summed E-state index contributed by atoms with van der Waals surface area (Å²) in [4.78, 5) is 16.9. The molecule has 0 saturated carbocycles. The molecule has 5 heteroatoms. The summed E-state index contributed by atoms with van der Waals surface area (Å²) in [5.41, 5.74) is 3.20. The first kappa shape index (κ1) is 19.8. The quantitative estimate of drug-likeness (QED) is 0.755. The molecule has 0 bridgehead atoms. The highest BCUT2D eigenvalue weighted by atomic mass is 79.9. The number of hydrogen-bond donors (Lipinski definition) is 1. The zero-order valence-corrected chi connectivity index (χ0v) is 17.3. The normalized spacial score (nSPS) is 15.9. The Hall–Kier alpha value is -1.95. The van der Waals surface area contributed by atoms with Crippen molar-refractivity contribution in [2.75, 3.05) is 44.6 Å². The molecule has 1 aliphatic rings. The van der Waals surface area contributed by atoms with Gasteiger partial charge in [0, 0.05) is 42.9 Å². The van der Waals surface area contributed by atoms with Crippen LogP contribution in [0.2, 0.25) is 0 Å². The number of hydrogen-bond acceptors (Lipinski definition) is 3. The molecule has 1 saturated heterocycles. The lowest BCUT2D eigenvalue weighted by molar-refractivity contribution is -0.117. The number of anilines is 1. The Morgan fingerprint density at radius 2 is 1.78 bits per heavy atom. The second-order valence-corrected chi connectivity index (χ2v) is 7.76. The van der Waals surface area contributed by atoms with Crippen molar-refractivity contribution in [2.24, 2.45) is 0 Å². The van der Waals surface area contributed by atoms with Gasteiger partial charge >= 0.3 is 0 Å². The van der Waals surface area contributed by atoms with E-state index in [1.165, 1.54) is 5.56 Å². The number of amides is 1. The third-order valence-electron chi connectivity index (χ3n) is 4.75. The maximum atomic E-state index is 12.3. The molecular weight excluding hydrogens is 402 g/mol. The van der Waals surface area contributed by atoms with E-state index in [9.17, 15) is 4.79 Å². The molecule has 27 heavy (non-hydrogen) atoms. The third kappa shape index (κ3) is 6.31. The molecule has 1 fully saturated rings. The fourth-order valence-electron chi connectivity index (χ4n) is 3.16. The Morgan fingerprint density at radius 3 is 2.48 bits per heavy atom. The first-order chi connectivity index (χ1) is 13.1. The van der Waals surface area contributed by atoms with E-state index < -0.39 is 0 Å². The summed E-state index contributed by atoms with van der Waals surface area (Å²) in [5, 5.41) is 2.99. The number of nitrogens with zero attached hydrogens (tertiary/aromatic N) is 2. The molecule has 1 aliphatic heterocycles. The van der Waals surface area contributed by atoms with Crippen LogP contribution in [-0.2, 0) is 4.79 Å². The molecule has 0 atom stereocenters. The summed E-state index contributed by atoms with van der Waals surface area (Å²) in [6.07, 6.45) is 4.38. The maximum Gasteiger partial charge on any atom is 0.238 e. The average Bonchev–Trinajstić information content (AvgIpc) is 2.67. The number of carbonyl (C=O) groups excluding carboxylic acids is 1. The van der Waals surface area contributed by atoms with Crippen LogP contribution in [0.5, 0.6) is 0 Å². The van der Waals surface area contributed by atoms with Gasteiger partial charge in [-0.05, 0) is 36.2 Å². The van der Waals surface area contributed by atoms with Crippen molar-refractivity contribution in [1.82, 2.24) is 9.80 Å². The number of halogens is 1. The summed E-state index contributed by atoms with van der Waals surface area (Å²) in [6, 6.07) is 16.2. The first-order valence-electron chi connectivity index (χ1n) is 9.32. The van der Waals surface area contributed by atoms with E-state index in [0.29, 0.717) is 6.54 Å². The van der Waals surface area contributed by atoms with Gasteiger partial charge in [0.25, 0.3) is 0 Å². The lowest BCUT2D eigenvalue weighted by Crippen LogP contribution is -2.48. The number of rotatable bonds is 6. The standard InChI is InChI=1S/C22H26BrN3O/c1-18-16-20(9-10-21(18)23)24-22(27)17-26-14-12-25(13-15-26)11-5-8-19-6-3-2-4-7-19/h2-10,16H,11-15,17H2,1H3,(H,24,27)/b8-5+. The molecule has 1 heterocycles. The van der Waals surface area contributed by atoms with Crippen LogP contribution in [0.3, 0.4) is 0 Å². The Balaban J connectivity index is 1.39. The van der Waals surface area contributed by atoms with Gasteiger partial charge in [-0.1, -0.05) is 58.4 Å². The van der Waals surface area contributed by atoms with E-state index in [2.05, 4.69) is 67.5 Å². The smallest absolute Gasteiger partial charge is 0.238 e. The van der Waals surface area contributed by atoms with Crippen LogP contribution in [-0.4, -0.2) is 55.0 Å². The minimum Gasteiger partial charge on any atom is -0.325 e. The fraction of sp³-hybridized carbons (Fsp3) is 0.318. The van der Waals surface area contributed by atoms with Crippen LogP contribution in [0.4, 0.5) is 5.69 Å². The second-order valence-electron chi connectivity index (χ2n) is 6.90. The Morgan fingerprint density at radius 1 is 1.07 bits per heavy atom. The molecule has 2 aromatic carbocycles. The highest BCUT2D eigenvalue weighted by Gasteiger charge is 2.18. The Bertz CT molecular complexity index is 783. The van der Waals surface area contributed by atoms with Crippen molar-refractivity contribution >= 4 is 33.6 Å². The lowest BCUT2D eigenvalue weighted by atomic mass is 10.2. The summed E-state index contributed by atoms with van der Waals surface area (Å²) in [7, 11) is 0. The van der Waals surface area contributed by atoms with E-state index in [0.717, 1.165) is 48.4 Å². The molecule has 0 radical (unpaired) electrons. The van der Waals surface area contributed by atoms with Crippen LogP contribution in [0, 0.1) is 6.92 Å². The van der Waals surface area contributed by atoms with Gasteiger partial charge in [0.1, 0.15) is 0 Å². The van der Waals surface area contributed by atoms with Gasteiger partial charge in [0.2, 0.25) is 5.91 Å². The molecule has 1 N–H and O–H groups in total. The highest BCUT2D eigenvalue weighted by molar-refractivity contribution is 9.10. The largest absolute Gasteiger partial charge is 0.325 e. The summed E-state index contributed by atoms with van der Waals surface area (Å²) in [5.74, 6) is 0.0501. The van der Waals surface area contributed by atoms with Crippen molar-refractivity contribution in [3.63, 3.8) is 0 Å². The molecule has 0 aromatic heterocycles.